The van der Waals surface area contributed by atoms with Crippen molar-refractivity contribution in [1.82, 2.24) is 10.2 Å². The van der Waals surface area contributed by atoms with Gasteiger partial charge >= 0.3 is 0 Å². The van der Waals surface area contributed by atoms with Crippen LogP contribution in [-0.4, -0.2) is 53.4 Å². The Kier molecular flexibility index (Phi) is 7.92. The largest absolute Gasteiger partial charge is 0.393 e. The summed E-state index contributed by atoms with van der Waals surface area (Å²) in [4.78, 5) is 15.8. The molecule has 128 valence electrons. The minimum absolute atomic E-state index is 0.0254. The Morgan fingerprint density at radius 3 is 2.70 bits per heavy atom. The van der Waals surface area contributed by atoms with Crippen LogP contribution in [0.3, 0.4) is 0 Å². The van der Waals surface area contributed by atoms with Gasteiger partial charge in [0.05, 0.1) is 11.4 Å². The third-order valence-electron chi connectivity index (χ3n) is 4.19. The summed E-state index contributed by atoms with van der Waals surface area (Å²) < 4.78 is 0. The smallest absolute Gasteiger partial charge is 0.233 e. The number of nitrogens with one attached hydrogen (secondary N) is 1. The summed E-state index contributed by atoms with van der Waals surface area (Å²) in [5.74, 6) is 0.135. The Labute approximate surface area is 143 Å². The number of thioether (sulfide) groups is 1. The van der Waals surface area contributed by atoms with Crippen LogP contribution < -0.4 is 5.32 Å². The summed E-state index contributed by atoms with van der Waals surface area (Å²) in [6.07, 6.45) is 3.42. The first-order valence-corrected chi connectivity index (χ1v) is 9.47. The molecule has 1 fully saturated rings. The number of hydrogen-bond donors (Lipinski definition) is 2. The molecule has 1 atom stereocenters. The van der Waals surface area contributed by atoms with Crippen molar-refractivity contribution in [2.24, 2.45) is 0 Å². The number of amides is 1. The number of carbonyl (C=O) groups excluding carboxylic acids is 1. The van der Waals surface area contributed by atoms with Gasteiger partial charge in [0.1, 0.15) is 0 Å². The van der Waals surface area contributed by atoms with Gasteiger partial charge in [0, 0.05) is 24.5 Å². The van der Waals surface area contributed by atoms with E-state index in [0.29, 0.717) is 0 Å². The van der Waals surface area contributed by atoms with Gasteiger partial charge in [-0.25, -0.2) is 0 Å². The van der Waals surface area contributed by atoms with Gasteiger partial charge in [-0.05, 0) is 44.4 Å². The first kappa shape index (κ1) is 18.3. The van der Waals surface area contributed by atoms with Crippen molar-refractivity contribution < 1.29 is 9.90 Å². The third-order valence-corrected chi connectivity index (χ3v) is 5.57. The Morgan fingerprint density at radius 2 is 2.04 bits per heavy atom. The second-order valence-corrected chi connectivity index (χ2v) is 7.32. The lowest BCUT2D eigenvalue weighted by molar-refractivity contribution is -0.120. The van der Waals surface area contributed by atoms with Gasteiger partial charge in [-0.3, -0.25) is 4.79 Å². The van der Waals surface area contributed by atoms with Crippen LogP contribution in [-0.2, 0) is 4.79 Å². The summed E-state index contributed by atoms with van der Waals surface area (Å²) in [5, 5.41) is 12.5. The van der Waals surface area contributed by atoms with Crippen LogP contribution in [0, 0.1) is 0 Å². The van der Waals surface area contributed by atoms with E-state index >= 15 is 0 Å². The van der Waals surface area contributed by atoms with E-state index in [4.69, 9.17) is 0 Å². The quantitative estimate of drug-likeness (QED) is 0.566. The summed E-state index contributed by atoms with van der Waals surface area (Å²) in [6, 6.07) is 10.1. The number of piperidine rings is 1. The van der Waals surface area contributed by atoms with Gasteiger partial charge in [0.15, 0.2) is 0 Å². The molecule has 0 bridgehead atoms. The molecular weight excluding hydrogens is 308 g/mol. The van der Waals surface area contributed by atoms with Gasteiger partial charge in [0.25, 0.3) is 0 Å². The second kappa shape index (κ2) is 9.96. The number of aliphatic hydroxyl groups excluding tert-OH is 1. The molecule has 1 aromatic carbocycles. The third kappa shape index (κ3) is 6.53. The molecule has 4 nitrogen and oxygen atoms in total. The number of rotatable bonds is 8. The van der Waals surface area contributed by atoms with E-state index in [1.54, 1.807) is 11.8 Å². The van der Waals surface area contributed by atoms with Crippen molar-refractivity contribution in [3.05, 3.63) is 30.3 Å². The number of nitrogens with zero attached hydrogens (tertiary/aromatic N) is 1. The molecule has 0 aliphatic carbocycles. The fraction of sp³-hybridized carbons (Fsp3) is 0.611. The van der Waals surface area contributed by atoms with E-state index < -0.39 is 0 Å². The molecule has 0 spiro atoms. The molecule has 1 aromatic rings. The van der Waals surface area contributed by atoms with Crippen molar-refractivity contribution >= 4 is 17.7 Å². The zero-order chi connectivity index (χ0) is 16.5. The molecule has 1 heterocycles. The average molecular weight is 337 g/mol. The van der Waals surface area contributed by atoms with Crippen molar-refractivity contribution in [3.8, 4) is 0 Å². The predicted molar refractivity (Wildman–Crippen MR) is 95.7 cm³/mol. The highest BCUT2D eigenvalue weighted by molar-refractivity contribution is 8.00. The van der Waals surface area contributed by atoms with E-state index in [0.717, 1.165) is 56.8 Å². The lowest BCUT2D eigenvalue weighted by atomic mass is 10.1. The number of hydrogen-bond acceptors (Lipinski definition) is 4. The molecule has 1 aliphatic rings. The Balaban J connectivity index is 1.64. The molecular formula is C18H28N2O2S. The molecule has 23 heavy (non-hydrogen) atoms. The number of likely N-dealkylation sites (tertiary alicyclic amines) is 1. The van der Waals surface area contributed by atoms with Gasteiger partial charge in [-0.1, -0.05) is 25.1 Å². The lowest BCUT2D eigenvalue weighted by Crippen LogP contribution is -2.38. The Bertz CT molecular complexity index is 461. The Hall–Kier alpha value is -1.04. The molecule has 1 saturated heterocycles. The fourth-order valence-electron chi connectivity index (χ4n) is 2.76. The van der Waals surface area contributed by atoms with Crippen LogP contribution in [0.4, 0.5) is 0 Å². The minimum atomic E-state index is -0.119. The predicted octanol–water partition coefficient (Wildman–Crippen LogP) is 2.52. The maximum atomic E-state index is 12.3. The highest BCUT2D eigenvalue weighted by Gasteiger charge is 2.18. The molecule has 0 aromatic heterocycles. The Morgan fingerprint density at radius 1 is 1.35 bits per heavy atom. The van der Waals surface area contributed by atoms with Crippen LogP contribution in [0.2, 0.25) is 0 Å². The summed E-state index contributed by atoms with van der Waals surface area (Å²) in [7, 11) is 0. The summed E-state index contributed by atoms with van der Waals surface area (Å²) in [5.41, 5.74) is 0. The zero-order valence-electron chi connectivity index (χ0n) is 13.9. The molecule has 0 saturated carbocycles. The highest BCUT2D eigenvalue weighted by atomic mass is 32.2. The van der Waals surface area contributed by atoms with E-state index in [-0.39, 0.29) is 17.3 Å². The average Bonchev–Trinajstić information content (AvgIpc) is 2.59. The number of carbonyl (C=O) groups is 1. The zero-order valence-corrected chi connectivity index (χ0v) is 14.7. The van der Waals surface area contributed by atoms with Crippen LogP contribution in [0.15, 0.2) is 35.2 Å². The molecule has 1 aliphatic heterocycles. The molecule has 5 heteroatoms. The molecule has 1 amide bonds. The first-order valence-electron chi connectivity index (χ1n) is 8.59. The molecule has 2 N–H and O–H groups in total. The van der Waals surface area contributed by atoms with Crippen molar-refractivity contribution in [1.29, 1.82) is 0 Å². The van der Waals surface area contributed by atoms with Gasteiger partial charge in [0.2, 0.25) is 5.91 Å². The van der Waals surface area contributed by atoms with Crippen molar-refractivity contribution in [2.75, 3.05) is 26.2 Å². The number of aliphatic hydroxyl groups is 1. The van der Waals surface area contributed by atoms with Gasteiger partial charge in [-0.15, -0.1) is 11.8 Å². The molecule has 0 radical (unpaired) electrons. The minimum Gasteiger partial charge on any atom is -0.393 e. The van der Waals surface area contributed by atoms with E-state index in [2.05, 4.69) is 17.1 Å². The molecule has 2 rings (SSSR count). The maximum Gasteiger partial charge on any atom is 0.233 e. The van der Waals surface area contributed by atoms with Crippen LogP contribution in [0.25, 0.3) is 0 Å². The maximum absolute atomic E-state index is 12.3. The SMILES string of the molecule is CCC(Sc1ccccc1)C(=O)NCCCN1CCC(O)CC1. The van der Waals surface area contributed by atoms with Crippen LogP contribution >= 0.6 is 11.8 Å². The van der Waals surface area contributed by atoms with Gasteiger partial charge in [-0.2, -0.15) is 0 Å². The number of benzene rings is 1. The van der Waals surface area contributed by atoms with E-state index in [1.165, 1.54) is 0 Å². The van der Waals surface area contributed by atoms with Crippen molar-refractivity contribution in [2.45, 2.75) is 48.9 Å². The highest BCUT2D eigenvalue weighted by Crippen LogP contribution is 2.25. The van der Waals surface area contributed by atoms with E-state index in [9.17, 15) is 9.90 Å². The fourth-order valence-corrected chi connectivity index (χ4v) is 3.76. The normalized spacial score (nSPS) is 17.8. The first-order chi connectivity index (χ1) is 11.2. The summed E-state index contributed by atoms with van der Waals surface area (Å²) >= 11 is 1.63. The second-order valence-electron chi connectivity index (χ2n) is 6.05. The monoisotopic (exact) mass is 336 g/mol. The van der Waals surface area contributed by atoms with Crippen molar-refractivity contribution in [3.63, 3.8) is 0 Å². The summed E-state index contributed by atoms with van der Waals surface area (Å²) in [6.45, 7) is 5.71. The standard InChI is InChI=1S/C18H28N2O2S/c1-2-17(23-16-7-4-3-5-8-16)18(22)19-11-6-12-20-13-9-15(21)10-14-20/h3-5,7-8,15,17,21H,2,6,9-14H2,1H3,(H,19,22). The van der Waals surface area contributed by atoms with Crippen LogP contribution in [0.5, 0.6) is 0 Å². The van der Waals surface area contributed by atoms with Crippen LogP contribution in [0.1, 0.15) is 32.6 Å². The van der Waals surface area contributed by atoms with E-state index in [1.807, 2.05) is 30.3 Å². The topological polar surface area (TPSA) is 52.6 Å². The molecule has 1 unspecified atom stereocenters. The lowest BCUT2D eigenvalue weighted by Gasteiger charge is -2.29. The van der Waals surface area contributed by atoms with Gasteiger partial charge < -0.3 is 15.3 Å².